The molecular weight excluding hydrogens is 456 g/mol. The van der Waals surface area contributed by atoms with Gasteiger partial charge in [-0.2, -0.15) is 0 Å². The average Bonchev–Trinajstić information content (AvgIpc) is 3.48. The number of hydrogen-bond donors (Lipinski definition) is 1. The molecule has 36 heavy (non-hydrogen) atoms. The van der Waals surface area contributed by atoms with Gasteiger partial charge in [0.15, 0.2) is 0 Å². The van der Waals surface area contributed by atoms with Crippen molar-refractivity contribution in [2.75, 3.05) is 40.3 Å². The first kappa shape index (κ1) is 25.9. The number of hydrogen-bond acceptors (Lipinski definition) is 5. The lowest BCUT2D eigenvalue weighted by molar-refractivity contribution is -0.134. The van der Waals surface area contributed by atoms with E-state index in [-0.39, 0.29) is 23.8 Å². The number of piperidine rings is 1. The molecule has 2 saturated heterocycles. The largest absolute Gasteiger partial charge is 0.464 e. The van der Waals surface area contributed by atoms with Gasteiger partial charge in [-0.25, -0.2) is 4.79 Å². The summed E-state index contributed by atoms with van der Waals surface area (Å²) >= 11 is 0. The van der Waals surface area contributed by atoms with E-state index < -0.39 is 5.54 Å². The molecule has 0 aliphatic carbocycles. The fourth-order valence-electron chi connectivity index (χ4n) is 5.32. The number of benzene rings is 1. The summed E-state index contributed by atoms with van der Waals surface area (Å²) in [4.78, 5) is 45.1. The number of nitrogens with one attached hydrogen (secondary N) is 1. The number of likely N-dealkylation sites (N-methyl/N-ethyl adjacent to an activating group) is 1. The van der Waals surface area contributed by atoms with Crippen LogP contribution in [0.4, 0.5) is 4.79 Å². The molecule has 3 heterocycles. The van der Waals surface area contributed by atoms with Crippen molar-refractivity contribution in [3.8, 4) is 11.3 Å². The van der Waals surface area contributed by atoms with E-state index >= 15 is 0 Å². The van der Waals surface area contributed by atoms with Crippen LogP contribution < -0.4 is 5.32 Å². The molecule has 1 atom stereocenters. The highest BCUT2D eigenvalue weighted by molar-refractivity contribution is 6.07. The van der Waals surface area contributed by atoms with Crippen LogP contribution in [0.2, 0.25) is 0 Å². The van der Waals surface area contributed by atoms with Gasteiger partial charge in [-0.15, -0.1) is 0 Å². The number of carbonyl (C=O) groups excluding carboxylic acids is 3. The summed E-state index contributed by atoms with van der Waals surface area (Å²) in [6.07, 6.45) is 4.45. The summed E-state index contributed by atoms with van der Waals surface area (Å²) < 4.78 is 5.48. The molecule has 2 fully saturated rings. The van der Waals surface area contributed by atoms with Gasteiger partial charge < -0.3 is 19.5 Å². The van der Waals surface area contributed by atoms with Crippen LogP contribution in [0.5, 0.6) is 0 Å². The van der Waals surface area contributed by atoms with Crippen molar-refractivity contribution in [3.63, 3.8) is 0 Å². The van der Waals surface area contributed by atoms with Crippen LogP contribution in [-0.2, 0) is 4.79 Å². The van der Waals surface area contributed by atoms with Crippen molar-refractivity contribution in [1.82, 2.24) is 20.0 Å². The minimum atomic E-state index is -0.887. The van der Waals surface area contributed by atoms with Gasteiger partial charge in [0.1, 0.15) is 11.3 Å². The molecular formula is C28H38N4O4. The smallest absolute Gasteiger partial charge is 0.325 e. The Balaban J connectivity index is 1.47. The molecule has 1 aromatic carbocycles. The summed E-state index contributed by atoms with van der Waals surface area (Å²) in [6.45, 7) is 6.39. The summed E-state index contributed by atoms with van der Waals surface area (Å²) in [5.74, 6) is 1.02. The van der Waals surface area contributed by atoms with Gasteiger partial charge >= 0.3 is 6.03 Å². The average molecular weight is 495 g/mol. The minimum Gasteiger partial charge on any atom is -0.464 e. The Morgan fingerprint density at radius 2 is 1.92 bits per heavy atom. The van der Waals surface area contributed by atoms with Crippen molar-refractivity contribution in [1.29, 1.82) is 0 Å². The number of amides is 4. The molecule has 0 bridgehead atoms. The molecule has 2 aliphatic heterocycles. The maximum atomic E-state index is 13.7. The second-order valence-electron chi connectivity index (χ2n) is 10.7. The van der Waals surface area contributed by atoms with Crippen LogP contribution in [-0.4, -0.2) is 78.4 Å². The number of carbonyl (C=O) groups is 3. The van der Waals surface area contributed by atoms with E-state index in [1.807, 2.05) is 60.3 Å². The van der Waals surface area contributed by atoms with Crippen LogP contribution in [0.1, 0.15) is 49.9 Å². The van der Waals surface area contributed by atoms with Gasteiger partial charge in [0.05, 0.1) is 6.26 Å². The molecule has 194 valence electrons. The lowest BCUT2D eigenvalue weighted by atomic mass is 9.73. The van der Waals surface area contributed by atoms with Gasteiger partial charge in [-0.3, -0.25) is 14.5 Å². The lowest BCUT2D eigenvalue weighted by Gasteiger charge is -2.41. The van der Waals surface area contributed by atoms with Gasteiger partial charge in [0.25, 0.3) is 11.8 Å². The Hall–Kier alpha value is -3.13. The molecule has 8 heteroatoms. The lowest BCUT2D eigenvalue weighted by Crippen LogP contribution is -2.56. The number of furan rings is 1. The Bertz CT molecular complexity index is 1070. The Morgan fingerprint density at radius 1 is 1.17 bits per heavy atom. The second-order valence-corrected chi connectivity index (χ2v) is 10.7. The van der Waals surface area contributed by atoms with Crippen molar-refractivity contribution in [3.05, 3.63) is 48.2 Å². The maximum Gasteiger partial charge on any atom is 0.325 e. The van der Waals surface area contributed by atoms with E-state index in [1.54, 1.807) is 6.26 Å². The van der Waals surface area contributed by atoms with Gasteiger partial charge in [0, 0.05) is 37.3 Å². The fraction of sp³-hybridized carbons (Fsp3) is 0.536. The third-order valence-corrected chi connectivity index (χ3v) is 7.48. The predicted octanol–water partition coefficient (Wildman–Crippen LogP) is 4.09. The summed E-state index contributed by atoms with van der Waals surface area (Å²) in [5.41, 5.74) is 0.601. The monoisotopic (exact) mass is 494 g/mol. The van der Waals surface area contributed by atoms with Gasteiger partial charge in [-0.1, -0.05) is 26.0 Å². The van der Waals surface area contributed by atoms with Crippen molar-refractivity contribution < 1.29 is 18.8 Å². The van der Waals surface area contributed by atoms with E-state index in [2.05, 4.69) is 19.2 Å². The van der Waals surface area contributed by atoms with E-state index in [0.29, 0.717) is 56.9 Å². The van der Waals surface area contributed by atoms with E-state index in [0.717, 1.165) is 17.7 Å². The first-order valence-corrected chi connectivity index (χ1v) is 12.9. The standard InChI is InChI=1S/C28H38N4O4/c1-20(2)10-13-28(26(34)32(27(35)29-28)17-16-30(3)4)23-11-14-31(15-12-23)25(33)22-8-5-7-21(19-22)24-9-6-18-36-24/h5-9,18-20,23H,10-17H2,1-4H3,(H,29,35). The molecule has 0 saturated carbocycles. The highest BCUT2D eigenvalue weighted by atomic mass is 16.3. The first-order valence-electron chi connectivity index (χ1n) is 12.9. The summed E-state index contributed by atoms with van der Waals surface area (Å²) in [6, 6.07) is 10.9. The molecule has 0 radical (unpaired) electrons. The second kappa shape index (κ2) is 10.9. The van der Waals surface area contributed by atoms with E-state index in [4.69, 9.17) is 4.42 Å². The number of likely N-dealkylation sites (tertiary alicyclic amines) is 1. The minimum absolute atomic E-state index is 0.00411. The molecule has 4 rings (SSSR count). The topological polar surface area (TPSA) is 86.1 Å². The molecule has 0 spiro atoms. The molecule has 1 aromatic heterocycles. The van der Waals surface area contributed by atoms with Crippen LogP contribution in [0, 0.1) is 11.8 Å². The van der Waals surface area contributed by atoms with Crippen molar-refractivity contribution >= 4 is 17.8 Å². The summed E-state index contributed by atoms with van der Waals surface area (Å²) in [5, 5.41) is 3.12. The quantitative estimate of drug-likeness (QED) is 0.531. The van der Waals surface area contributed by atoms with Crippen LogP contribution in [0.15, 0.2) is 47.1 Å². The molecule has 1 unspecified atom stereocenters. The Morgan fingerprint density at radius 3 is 2.56 bits per heavy atom. The molecule has 8 nitrogen and oxygen atoms in total. The zero-order chi connectivity index (χ0) is 25.9. The SMILES string of the molecule is CC(C)CCC1(C2CCN(C(=O)c3cccc(-c4ccco4)c3)CC2)NC(=O)N(CCN(C)C)C1=O. The zero-order valence-corrected chi connectivity index (χ0v) is 21.8. The van der Waals surface area contributed by atoms with Crippen molar-refractivity contribution in [2.45, 2.75) is 45.1 Å². The predicted molar refractivity (Wildman–Crippen MR) is 138 cm³/mol. The highest BCUT2D eigenvalue weighted by Crippen LogP contribution is 2.38. The first-order chi connectivity index (χ1) is 17.2. The summed E-state index contributed by atoms with van der Waals surface area (Å²) in [7, 11) is 3.86. The zero-order valence-electron chi connectivity index (χ0n) is 21.8. The van der Waals surface area contributed by atoms with Gasteiger partial charge in [-0.05, 0) is 75.9 Å². The molecule has 2 aromatic rings. The van der Waals surface area contributed by atoms with Crippen LogP contribution in [0.25, 0.3) is 11.3 Å². The number of rotatable bonds is 9. The maximum absolute atomic E-state index is 13.7. The Labute approximate surface area is 213 Å². The van der Waals surface area contributed by atoms with Crippen molar-refractivity contribution in [2.24, 2.45) is 11.8 Å². The third-order valence-electron chi connectivity index (χ3n) is 7.48. The van der Waals surface area contributed by atoms with E-state index in [1.165, 1.54) is 4.90 Å². The van der Waals surface area contributed by atoms with Gasteiger partial charge in [0.2, 0.25) is 0 Å². The molecule has 4 amide bonds. The Kier molecular flexibility index (Phi) is 7.83. The van der Waals surface area contributed by atoms with E-state index in [9.17, 15) is 14.4 Å². The molecule has 2 aliphatic rings. The normalized spacial score (nSPS) is 21.1. The van der Waals surface area contributed by atoms with Crippen LogP contribution in [0.3, 0.4) is 0 Å². The fourth-order valence-corrected chi connectivity index (χ4v) is 5.32. The molecule has 1 N–H and O–H groups in total. The highest BCUT2D eigenvalue weighted by Gasteiger charge is 2.55. The number of urea groups is 1. The number of nitrogens with zero attached hydrogens (tertiary/aromatic N) is 3. The van der Waals surface area contributed by atoms with Crippen LogP contribution >= 0.6 is 0 Å². The number of imide groups is 1. The third kappa shape index (κ3) is 5.33.